The van der Waals surface area contributed by atoms with Gasteiger partial charge in [-0.3, -0.25) is 0 Å². The van der Waals surface area contributed by atoms with Crippen LogP contribution in [0.2, 0.25) is 0 Å². The molecule has 2 aliphatic rings. The van der Waals surface area contributed by atoms with E-state index in [1.807, 2.05) is 0 Å². The molecule has 0 aromatic heterocycles. The fourth-order valence-electron chi connectivity index (χ4n) is 0.786. The largest absolute Gasteiger partial charge is 0.394 e. The van der Waals surface area contributed by atoms with Gasteiger partial charge in [0.2, 0.25) is 0 Å². The van der Waals surface area contributed by atoms with Gasteiger partial charge in [0.15, 0.2) is 0 Å². The zero-order chi connectivity index (χ0) is 9.41. The van der Waals surface area contributed by atoms with Crippen molar-refractivity contribution < 1.29 is 47.3 Å². The van der Waals surface area contributed by atoms with Crippen molar-refractivity contribution in [2.45, 2.75) is 45.0 Å². The maximum absolute atomic E-state index is 8.08. The second-order valence-electron chi connectivity index (χ2n) is 4.26. The molecular formula is C9H18O3Y. The smallest absolute Gasteiger partial charge is 0.104 e. The average Bonchev–Trinajstić information content (AvgIpc) is 2.73. The second kappa shape index (κ2) is 4.67. The van der Waals surface area contributed by atoms with Crippen LogP contribution in [0.5, 0.6) is 0 Å². The van der Waals surface area contributed by atoms with Gasteiger partial charge in [-0.1, -0.05) is 0 Å². The molecule has 3 nitrogen and oxygen atoms in total. The first-order chi connectivity index (χ1) is 5.39. The minimum atomic E-state index is 0. The summed E-state index contributed by atoms with van der Waals surface area (Å²) < 4.78 is 9.90. The molecule has 4 heteroatoms. The van der Waals surface area contributed by atoms with Crippen molar-refractivity contribution in [2.24, 2.45) is 0 Å². The topological polar surface area (TPSA) is 45.3 Å². The quantitative estimate of drug-likeness (QED) is 0.716. The fourth-order valence-corrected chi connectivity index (χ4v) is 0.786. The van der Waals surface area contributed by atoms with Crippen LogP contribution in [0.25, 0.3) is 0 Å². The molecule has 0 amide bonds. The van der Waals surface area contributed by atoms with Crippen LogP contribution in [-0.4, -0.2) is 35.6 Å². The molecule has 2 aliphatic heterocycles. The van der Waals surface area contributed by atoms with E-state index in [0.717, 1.165) is 6.61 Å². The second-order valence-corrected chi connectivity index (χ2v) is 4.26. The van der Waals surface area contributed by atoms with Crippen molar-refractivity contribution >= 4 is 0 Å². The molecule has 1 atom stereocenters. The minimum Gasteiger partial charge on any atom is -0.394 e. The van der Waals surface area contributed by atoms with Gasteiger partial charge in [0, 0.05) is 32.7 Å². The van der Waals surface area contributed by atoms with Crippen LogP contribution in [0.4, 0.5) is 0 Å². The van der Waals surface area contributed by atoms with Crippen LogP contribution in [0.3, 0.4) is 0 Å². The Labute approximate surface area is 105 Å². The van der Waals surface area contributed by atoms with Crippen molar-refractivity contribution in [3.63, 3.8) is 0 Å². The van der Waals surface area contributed by atoms with Crippen LogP contribution in [0.15, 0.2) is 0 Å². The van der Waals surface area contributed by atoms with Crippen molar-refractivity contribution in [2.75, 3.05) is 13.2 Å². The first-order valence-electron chi connectivity index (χ1n) is 4.32. The van der Waals surface area contributed by atoms with E-state index in [1.54, 1.807) is 0 Å². The Bertz CT molecular complexity index is 152. The summed E-state index contributed by atoms with van der Waals surface area (Å²) in [4.78, 5) is 0. The van der Waals surface area contributed by atoms with Crippen molar-refractivity contribution in [3.05, 3.63) is 0 Å². The van der Waals surface area contributed by atoms with Gasteiger partial charge < -0.3 is 14.6 Å². The van der Waals surface area contributed by atoms with Crippen LogP contribution in [-0.2, 0) is 42.2 Å². The summed E-state index contributed by atoms with van der Waals surface area (Å²) in [6, 6.07) is 0. The van der Waals surface area contributed by atoms with Crippen LogP contribution in [0.1, 0.15) is 27.7 Å². The van der Waals surface area contributed by atoms with E-state index in [0.29, 0.717) is 0 Å². The maximum Gasteiger partial charge on any atom is 0.104 e. The van der Waals surface area contributed by atoms with Crippen molar-refractivity contribution in [1.82, 2.24) is 0 Å². The summed E-state index contributed by atoms with van der Waals surface area (Å²) in [7, 11) is 0. The van der Waals surface area contributed by atoms with Crippen molar-refractivity contribution in [1.29, 1.82) is 0 Å². The van der Waals surface area contributed by atoms with E-state index < -0.39 is 0 Å². The Morgan fingerprint density at radius 2 is 1.54 bits per heavy atom. The van der Waals surface area contributed by atoms with Crippen LogP contribution in [0, 0.1) is 0 Å². The number of aliphatic hydroxyl groups is 1. The molecule has 0 aliphatic carbocycles. The SMILES string of the molecule is CC1(C)OC1(C)C.OCC1CO1.[Y]. The number of hydrogen-bond acceptors (Lipinski definition) is 3. The molecule has 1 unspecified atom stereocenters. The van der Waals surface area contributed by atoms with Gasteiger partial charge in [-0.2, -0.15) is 0 Å². The molecular weight excluding hydrogens is 245 g/mol. The predicted octanol–water partition coefficient (Wildman–Crippen LogP) is 0.949. The third kappa shape index (κ3) is 4.35. The predicted molar refractivity (Wildman–Crippen MR) is 46.1 cm³/mol. The standard InChI is InChI=1S/C6H12O.C3H6O2.Y/c1-5(2)6(3,4)7-5;4-1-3-2-5-3;/h1-4H3;3-4H,1-2H2;. The number of ether oxygens (including phenoxy) is 2. The zero-order valence-electron chi connectivity index (χ0n) is 8.83. The molecule has 2 saturated heterocycles. The molecule has 0 aromatic carbocycles. The van der Waals surface area contributed by atoms with E-state index in [9.17, 15) is 0 Å². The molecule has 2 rings (SSSR count). The van der Waals surface area contributed by atoms with Gasteiger partial charge in [0.25, 0.3) is 0 Å². The van der Waals surface area contributed by atoms with Gasteiger partial charge in [0.1, 0.15) is 6.10 Å². The van der Waals surface area contributed by atoms with Crippen molar-refractivity contribution in [3.8, 4) is 0 Å². The average molecular weight is 263 g/mol. The molecule has 0 bridgehead atoms. The molecule has 2 heterocycles. The van der Waals surface area contributed by atoms with Crippen LogP contribution >= 0.6 is 0 Å². The van der Waals surface area contributed by atoms with Gasteiger partial charge in [-0.25, -0.2) is 0 Å². The summed E-state index contributed by atoms with van der Waals surface area (Å²) in [5.41, 5.74) is 0.292. The molecule has 0 aromatic rings. The first-order valence-corrected chi connectivity index (χ1v) is 4.32. The molecule has 0 spiro atoms. The Balaban J connectivity index is 0.000000215. The Hall–Kier alpha value is 0.984. The van der Waals surface area contributed by atoms with Crippen LogP contribution < -0.4 is 0 Å². The summed E-state index contributed by atoms with van der Waals surface area (Å²) in [5.74, 6) is 0. The molecule has 0 saturated carbocycles. The van der Waals surface area contributed by atoms with E-state index in [1.165, 1.54) is 0 Å². The summed E-state index contributed by atoms with van der Waals surface area (Å²) in [6.45, 7) is 9.37. The molecule has 13 heavy (non-hydrogen) atoms. The van der Waals surface area contributed by atoms with E-state index >= 15 is 0 Å². The molecule has 75 valence electrons. The van der Waals surface area contributed by atoms with E-state index in [2.05, 4.69) is 32.4 Å². The monoisotopic (exact) mass is 263 g/mol. The zero-order valence-corrected chi connectivity index (χ0v) is 11.7. The summed E-state index contributed by atoms with van der Waals surface area (Å²) >= 11 is 0. The first kappa shape index (κ1) is 14.0. The molecule has 1 radical (unpaired) electrons. The Morgan fingerprint density at radius 3 is 1.54 bits per heavy atom. The fraction of sp³-hybridized carbons (Fsp3) is 1.00. The van der Waals surface area contributed by atoms with Gasteiger partial charge in [-0.15, -0.1) is 0 Å². The van der Waals surface area contributed by atoms with E-state index in [4.69, 9.17) is 9.84 Å². The number of rotatable bonds is 1. The Kier molecular flexibility index (Phi) is 5.02. The van der Waals surface area contributed by atoms with Gasteiger partial charge >= 0.3 is 0 Å². The molecule has 2 fully saturated rings. The third-order valence-electron chi connectivity index (χ3n) is 2.52. The third-order valence-corrected chi connectivity index (χ3v) is 2.52. The van der Waals surface area contributed by atoms with Gasteiger partial charge in [0.05, 0.1) is 24.4 Å². The summed E-state index contributed by atoms with van der Waals surface area (Å²) in [6.07, 6.45) is 0.190. The molecule has 1 N–H and O–H groups in total. The maximum atomic E-state index is 8.08. The number of hydrogen-bond donors (Lipinski definition) is 1. The summed E-state index contributed by atoms with van der Waals surface area (Å²) in [5, 5.41) is 8.08. The van der Waals surface area contributed by atoms with E-state index in [-0.39, 0.29) is 56.6 Å². The normalized spacial score (nSPS) is 30.7. The number of epoxide rings is 2. The van der Waals surface area contributed by atoms with Gasteiger partial charge in [-0.05, 0) is 27.7 Å². The number of aliphatic hydroxyl groups excluding tert-OH is 1. The Morgan fingerprint density at radius 1 is 1.23 bits per heavy atom. The minimum absolute atomic E-state index is 0.